The molecule has 1 aliphatic rings. The van der Waals surface area contributed by atoms with Gasteiger partial charge in [-0.25, -0.2) is 9.78 Å². The minimum absolute atomic E-state index is 0.0710. The van der Waals surface area contributed by atoms with Crippen LogP contribution in [0, 0.1) is 11.3 Å². The zero-order chi connectivity index (χ0) is 22.0. The maximum absolute atomic E-state index is 13.1. The Balaban J connectivity index is 2.03. The Morgan fingerprint density at radius 2 is 1.94 bits per heavy atom. The number of nitrogens with zero attached hydrogens (tertiary/aromatic N) is 2. The Morgan fingerprint density at radius 3 is 2.65 bits per heavy atom. The number of benzene rings is 2. The molecule has 1 aliphatic heterocycles. The van der Waals surface area contributed by atoms with E-state index in [0.717, 1.165) is 5.39 Å². The molecule has 0 fully saturated rings. The number of fused-ring (bicyclic) bond motifs is 1. The van der Waals surface area contributed by atoms with Gasteiger partial charge in [-0.3, -0.25) is 0 Å². The topological polar surface area (TPSA) is 98.2 Å². The van der Waals surface area contributed by atoms with Crippen LogP contribution in [0.3, 0.4) is 0 Å². The standard InChI is InChI=1S/C24H18ClN3O3/c1-2-30-24(29)20-19(16-12-15-10-6-7-11-18(15)28-22(16)25)17(13-26)23(27)31-21(20)14-8-4-3-5-9-14/h3-12,19H,2,27H2,1H3/t19-/m1/s1. The number of para-hydroxylation sites is 1. The van der Waals surface area contributed by atoms with E-state index in [0.29, 0.717) is 16.6 Å². The van der Waals surface area contributed by atoms with Gasteiger partial charge in [0.25, 0.3) is 0 Å². The molecule has 7 heteroatoms. The Morgan fingerprint density at radius 1 is 1.23 bits per heavy atom. The lowest BCUT2D eigenvalue weighted by atomic mass is 9.82. The lowest BCUT2D eigenvalue weighted by Crippen LogP contribution is -2.26. The van der Waals surface area contributed by atoms with Gasteiger partial charge in [-0.2, -0.15) is 5.26 Å². The van der Waals surface area contributed by atoms with Crippen LogP contribution in [0.2, 0.25) is 5.15 Å². The van der Waals surface area contributed by atoms with Crippen molar-refractivity contribution in [2.75, 3.05) is 6.61 Å². The Labute approximate surface area is 184 Å². The second kappa shape index (κ2) is 8.50. The zero-order valence-electron chi connectivity index (χ0n) is 16.6. The average molecular weight is 432 g/mol. The second-order valence-electron chi connectivity index (χ2n) is 6.82. The summed E-state index contributed by atoms with van der Waals surface area (Å²) in [7, 11) is 0. The van der Waals surface area contributed by atoms with E-state index in [2.05, 4.69) is 11.1 Å². The number of esters is 1. The number of pyridine rings is 1. The smallest absolute Gasteiger partial charge is 0.338 e. The molecule has 154 valence electrons. The van der Waals surface area contributed by atoms with Crippen LogP contribution in [-0.4, -0.2) is 17.6 Å². The van der Waals surface area contributed by atoms with Gasteiger partial charge in [0, 0.05) is 16.5 Å². The molecule has 31 heavy (non-hydrogen) atoms. The van der Waals surface area contributed by atoms with Gasteiger partial charge in [-0.1, -0.05) is 60.1 Å². The number of nitriles is 1. The van der Waals surface area contributed by atoms with Crippen molar-refractivity contribution in [2.24, 2.45) is 5.73 Å². The van der Waals surface area contributed by atoms with E-state index < -0.39 is 11.9 Å². The van der Waals surface area contributed by atoms with Crippen LogP contribution in [0.25, 0.3) is 16.7 Å². The molecule has 0 spiro atoms. The number of hydrogen-bond donors (Lipinski definition) is 1. The van der Waals surface area contributed by atoms with E-state index in [1.165, 1.54) is 0 Å². The van der Waals surface area contributed by atoms with Gasteiger partial charge in [-0.05, 0) is 19.1 Å². The van der Waals surface area contributed by atoms with E-state index in [9.17, 15) is 10.1 Å². The van der Waals surface area contributed by atoms with Crippen LogP contribution in [0.15, 0.2) is 77.7 Å². The van der Waals surface area contributed by atoms with Gasteiger partial charge in [0.15, 0.2) is 0 Å². The fourth-order valence-corrected chi connectivity index (χ4v) is 3.86. The quantitative estimate of drug-likeness (QED) is 0.476. The third kappa shape index (κ3) is 3.72. The number of allylic oxidation sites excluding steroid dienone is 1. The number of nitrogens with two attached hydrogens (primary N) is 1. The summed E-state index contributed by atoms with van der Waals surface area (Å²) in [5, 5.41) is 10.9. The first kappa shape index (κ1) is 20.5. The third-order valence-corrected chi connectivity index (χ3v) is 5.27. The van der Waals surface area contributed by atoms with Crippen LogP contribution in [0.5, 0.6) is 0 Å². The predicted octanol–water partition coefficient (Wildman–Crippen LogP) is 4.67. The van der Waals surface area contributed by atoms with Gasteiger partial charge in [-0.15, -0.1) is 0 Å². The van der Waals surface area contributed by atoms with Gasteiger partial charge < -0.3 is 15.2 Å². The monoisotopic (exact) mass is 431 g/mol. The van der Waals surface area contributed by atoms with Crippen molar-refractivity contribution in [1.29, 1.82) is 5.26 Å². The molecule has 2 heterocycles. The number of carbonyl (C=O) groups is 1. The SMILES string of the molecule is CCOC(=O)C1=C(c2ccccc2)OC(N)=C(C#N)[C@H]1c1cc2ccccc2nc1Cl. The van der Waals surface area contributed by atoms with Crippen LogP contribution in [0.4, 0.5) is 0 Å². The molecule has 0 amide bonds. The number of aromatic nitrogens is 1. The Bertz CT molecular complexity index is 1280. The van der Waals surface area contributed by atoms with Crippen molar-refractivity contribution in [3.05, 3.63) is 94.0 Å². The molecule has 3 aromatic rings. The average Bonchev–Trinajstić information content (AvgIpc) is 2.78. The number of halogens is 1. The lowest BCUT2D eigenvalue weighted by molar-refractivity contribution is -0.138. The van der Waals surface area contributed by atoms with E-state index >= 15 is 0 Å². The van der Waals surface area contributed by atoms with E-state index in [-0.39, 0.29) is 34.5 Å². The van der Waals surface area contributed by atoms with Crippen molar-refractivity contribution in [1.82, 2.24) is 4.98 Å². The third-order valence-electron chi connectivity index (χ3n) is 4.97. The summed E-state index contributed by atoms with van der Waals surface area (Å²) >= 11 is 6.55. The number of carbonyl (C=O) groups excluding carboxylic acids is 1. The molecule has 6 nitrogen and oxygen atoms in total. The maximum atomic E-state index is 13.1. The number of hydrogen-bond acceptors (Lipinski definition) is 6. The number of ether oxygens (including phenoxy) is 2. The van der Waals surface area contributed by atoms with Crippen molar-refractivity contribution >= 4 is 34.2 Å². The highest BCUT2D eigenvalue weighted by Crippen LogP contribution is 2.45. The molecule has 2 N–H and O–H groups in total. The first-order valence-corrected chi connectivity index (χ1v) is 10.0. The van der Waals surface area contributed by atoms with Crippen molar-refractivity contribution in [3.63, 3.8) is 0 Å². The predicted molar refractivity (Wildman–Crippen MR) is 117 cm³/mol. The molecule has 1 atom stereocenters. The van der Waals surface area contributed by atoms with Crippen molar-refractivity contribution in [2.45, 2.75) is 12.8 Å². The summed E-state index contributed by atoms with van der Waals surface area (Å²) < 4.78 is 11.1. The van der Waals surface area contributed by atoms with Gasteiger partial charge in [0.05, 0.1) is 23.6 Å². The summed E-state index contributed by atoms with van der Waals surface area (Å²) in [6.07, 6.45) is 0. The Kier molecular flexibility index (Phi) is 5.61. The van der Waals surface area contributed by atoms with Gasteiger partial charge in [0.1, 0.15) is 22.6 Å². The zero-order valence-corrected chi connectivity index (χ0v) is 17.4. The molecule has 0 bridgehead atoms. The summed E-state index contributed by atoms with van der Waals surface area (Å²) in [6, 6.07) is 20.4. The molecule has 2 aromatic carbocycles. The molecule has 4 rings (SSSR count). The number of rotatable bonds is 4. The van der Waals surface area contributed by atoms with Crippen LogP contribution < -0.4 is 5.73 Å². The first-order valence-electron chi connectivity index (χ1n) is 9.64. The van der Waals surface area contributed by atoms with E-state index in [1.54, 1.807) is 19.1 Å². The Hall–Kier alpha value is -3.82. The summed E-state index contributed by atoms with van der Waals surface area (Å²) in [5.41, 5.74) is 8.15. The molecule has 0 aliphatic carbocycles. The highest BCUT2D eigenvalue weighted by molar-refractivity contribution is 6.31. The van der Waals surface area contributed by atoms with Gasteiger partial charge >= 0.3 is 5.97 Å². The molecule has 0 radical (unpaired) electrons. The van der Waals surface area contributed by atoms with E-state index in [4.69, 9.17) is 26.8 Å². The lowest BCUT2D eigenvalue weighted by Gasteiger charge is -2.28. The summed E-state index contributed by atoms with van der Waals surface area (Å²) in [5.74, 6) is -1.37. The molecule has 0 saturated heterocycles. The van der Waals surface area contributed by atoms with Crippen LogP contribution in [-0.2, 0) is 14.3 Å². The van der Waals surface area contributed by atoms with Gasteiger partial charge in [0.2, 0.25) is 5.88 Å². The largest absolute Gasteiger partial charge is 0.463 e. The molecular weight excluding hydrogens is 414 g/mol. The highest BCUT2D eigenvalue weighted by atomic mass is 35.5. The minimum atomic E-state index is -0.891. The minimum Gasteiger partial charge on any atom is -0.463 e. The van der Waals surface area contributed by atoms with E-state index in [1.807, 2.05) is 48.5 Å². The fraction of sp³-hybridized carbons (Fsp3) is 0.125. The molecule has 1 aromatic heterocycles. The summed E-state index contributed by atoms with van der Waals surface area (Å²) in [4.78, 5) is 17.6. The second-order valence-corrected chi connectivity index (χ2v) is 7.17. The van der Waals surface area contributed by atoms with Crippen LogP contribution in [0.1, 0.15) is 24.0 Å². The van der Waals surface area contributed by atoms with Crippen molar-refractivity contribution in [3.8, 4) is 6.07 Å². The maximum Gasteiger partial charge on any atom is 0.338 e. The fourth-order valence-electron chi connectivity index (χ4n) is 3.60. The molecule has 0 unspecified atom stereocenters. The van der Waals surface area contributed by atoms with Crippen molar-refractivity contribution < 1.29 is 14.3 Å². The highest BCUT2D eigenvalue weighted by Gasteiger charge is 2.39. The van der Waals surface area contributed by atoms with Crippen LogP contribution >= 0.6 is 11.6 Å². The molecule has 0 saturated carbocycles. The summed E-state index contributed by atoms with van der Waals surface area (Å²) in [6.45, 7) is 1.86. The normalized spacial score (nSPS) is 16.1. The first-order chi connectivity index (χ1) is 15.0. The molecular formula is C24H18ClN3O3.